The molecule has 0 fully saturated rings. The van der Waals surface area contributed by atoms with Crippen molar-refractivity contribution in [2.24, 2.45) is 0 Å². The van der Waals surface area contributed by atoms with Crippen LogP contribution < -0.4 is 5.32 Å². The molecule has 1 atom stereocenters. The summed E-state index contributed by atoms with van der Waals surface area (Å²) in [5.41, 5.74) is -1.99. The van der Waals surface area contributed by atoms with Gasteiger partial charge in [0.25, 0.3) is 0 Å². The highest BCUT2D eigenvalue weighted by atomic mass is 19.3. The first-order valence-electron chi connectivity index (χ1n) is 7.79. The number of carbonyl (C=O) groups is 2. The smallest absolute Gasteiger partial charge is 0.408 e. The van der Waals surface area contributed by atoms with E-state index >= 15 is 0 Å². The quantitative estimate of drug-likeness (QED) is 0.799. The minimum absolute atomic E-state index is 0.279. The van der Waals surface area contributed by atoms with E-state index in [2.05, 4.69) is 10.2 Å². The molecule has 0 radical (unpaired) electrons. The zero-order valence-corrected chi connectivity index (χ0v) is 15.5. The van der Waals surface area contributed by atoms with E-state index in [4.69, 9.17) is 4.74 Å². The third kappa shape index (κ3) is 5.10. The minimum Gasteiger partial charge on any atom is -0.442 e. The van der Waals surface area contributed by atoms with E-state index in [0.717, 1.165) is 26.3 Å². The van der Waals surface area contributed by atoms with Gasteiger partial charge in [-0.1, -0.05) is 12.1 Å². The van der Waals surface area contributed by atoms with Crippen LogP contribution in [0.3, 0.4) is 0 Å². The van der Waals surface area contributed by atoms with Crippen LogP contribution in [0, 0.1) is 5.82 Å². The van der Waals surface area contributed by atoms with Crippen LogP contribution in [0.25, 0.3) is 0 Å². The van der Waals surface area contributed by atoms with Crippen molar-refractivity contribution in [3.05, 3.63) is 35.1 Å². The van der Waals surface area contributed by atoms with Crippen molar-refractivity contribution < 1.29 is 32.3 Å². The van der Waals surface area contributed by atoms with Gasteiger partial charge in [0.05, 0.1) is 12.7 Å². The molecule has 1 aromatic carbocycles. The van der Waals surface area contributed by atoms with Gasteiger partial charge in [-0.3, -0.25) is 9.63 Å². The molecule has 0 bridgehead atoms. The van der Waals surface area contributed by atoms with Crippen LogP contribution >= 0.6 is 0 Å². The van der Waals surface area contributed by atoms with E-state index in [0.29, 0.717) is 5.06 Å². The van der Waals surface area contributed by atoms with Crippen LogP contribution in [0.2, 0.25) is 0 Å². The number of hydrogen-bond donors (Lipinski definition) is 1. The molecule has 1 aromatic rings. The average molecular weight is 376 g/mol. The fourth-order valence-corrected chi connectivity index (χ4v) is 2.06. The minimum atomic E-state index is -4.15. The first kappa shape index (κ1) is 21.8. The monoisotopic (exact) mass is 376 g/mol. The standard InChI is InChI=1S/C17H23F3N2O4/c1-10(26-15(24)21-16(2,3)4)11-8-7-9-12(13(11)18)17(19,20)14(23)22(5)25-6/h7-10H,1-6H3,(H,21,24)/t10-/m1/s1. The number of rotatable bonds is 5. The molecule has 6 nitrogen and oxygen atoms in total. The van der Waals surface area contributed by atoms with Crippen molar-refractivity contribution in [2.45, 2.75) is 45.3 Å². The zero-order chi connectivity index (χ0) is 20.3. The van der Waals surface area contributed by atoms with E-state index < -0.39 is 40.9 Å². The molecule has 1 rings (SSSR count). The van der Waals surface area contributed by atoms with Gasteiger partial charge in [-0.05, 0) is 33.8 Å². The summed E-state index contributed by atoms with van der Waals surface area (Å²) in [7, 11) is 2.02. The summed E-state index contributed by atoms with van der Waals surface area (Å²) in [6, 6.07) is 3.15. The number of alkyl halides is 2. The van der Waals surface area contributed by atoms with Gasteiger partial charge in [0.1, 0.15) is 11.9 Å². The molecule has 0 aliphatic heterocycles. The number of alkyl carbamates (subject to hydrolysis) is 1. The van der Waals surface area contributed by atoms with Crippen LogP contribution in [0.15, 0.2) is 18.2 Å². The second-order valence-electron chi connectivity index (χ2n) is 6.69. The molecule has 2 amide bonds. The Hall–Kier alpha value is -2.29. The molecule has 0 spiro atoms. The summed E-state index contributed by atoms with van der Waals surface area (Å²) in [6.07, 6.45) is -1.97. The number of nitrogens with zero attached hydrogens (tertiary/aromatic N) is 1. The lowest BCUT2D eigenvalue weighted by atomic mass is 10.0. The van der Waals surface area contributed by atoms with E-state index in [1.807, 2.05) is 0 Å². The van der Waals surface area contributed by atoms with Crippen LogP contribution in [-0.4, -0.2) is 36.8 Å². The number of nitrogens with one attached hydrogen (secondary N) is 1. The topological polar surface area (TPSA) is 67.9 Å². The maximum absolute atomic E-state index is 14.6. The first-order chi connectivity index (χ1) is 11.8. The number of amides is 2. The zero-order valence-electron chi connectivity index (χ0n) is 15.5. The highest BCUT2D eigenvalue weighted by Crippen LogP contribution is 2.35. The van der Waals surface area contributed by atoms with E-state index in [1.165, 1.54) is 13.0 Å². The molecular formula is C17H23F3N2O4. The fraction of sp³-hybridized carbons (Fsp3) is 0.529. The molecule has 0 aliphatic rings. The number of carbonyl (C=O) groups excluding carboxylic acids is 2. The molecule has 0 saturated carbocycles. The molecule has 0 aromatic heterocycles. The number of benzene rings is 1. The third-order valence-corrected chi connectivity index (χ3v) is 3.39. The van der Waals surface area contributed by atoms with Gasteiger partial charge < -0.3 is 10.1 Å². The Bertz CT molecular complexity index is 674. The van der Waals surface area contributed by atoms with Crippen LogP contribution in [0.1, 0.15) is 44.9 Å². The summed E-state index contributed by atoms with van der Waals surface area (Å²) in [4.78, 5) is 28.0. The molecule has 0 aliphatic carbocycles. The number of likely N-dealkylation sites (N-methyl/N-ethyl adjacent to an activating group) is 1. The van der Waals surface area contributed by atoms with E-state index in [1.54, 1.807) is 20.8 Å². The van der Waals surface area contributed by atoms with Crippen molar-refractivity contribution >= 4 is 12.0 Å². The lowest BCUT2D eigenvalue weighted by Crippen LogP contribution is -2.41. The second kappa shape index (κ2) is 7.94. The number of ether oxygens (including phenoxy) is 1. The Morgan fingerprint density at radius 2 is 1.81 bits per heavy atom. The molecule has 26 heavy (non-hydrogen) atoms. The van der Waals surface area contributed by atoms with Crippen molar-refractivity contribution in [1.29, 1.82) is 0 Å². The summed E-state index contributed by atoms with van der Waals surface area (Å²) in [6.45, 7) is 6.50. The Kier molecular flexibility index (Phi) is 6.65. The van der Waals surface area contributed by atoms with Crippen LogP contribution in [0.5, 0.6) is 0 Å². The third-order valence-electron chi connectivity index (χ3n) is 3.39. The summed E-state index contributed by atoms with van der Waals surface area (Å²) >= 11 is 0. The Morgan fingerprint density at radius 1 is 1.23 bits per heavy atom. The molecular weight excluding hydrogens is 353 g/mol. The molecule has 0 unspecified atom stereocenters. The lowest BCUT2D eigenvalue weighted by molar-refractivity contribution is -0.196. The van der Waals surface area contributed by atoms with Crippen LogP contribution in [-0.2, 0) is 20.3 Å². The number of hydrogen-bond acceptors (Lipinski definition) is 4. The van der Waals surface area contributed by atoms with Gasteiger partial charge in [-0.25, -0.2) is 14.2 Å². The van der Waals surface area contributed by atoms with Crippen LogP contribution in [0.4, 0.5) is 18.0 Å². The van der Waals surface area contributed by atoms with E-state index in [-0.39, 0.29) is 5.56 Å². The molecule has 9 heteroatoms. The molecule has 146 valence electrons. The maximum atomic E-state index is 14.6. The van der Waals surface area contributed by atoms with Crippen molar-refractivity contribution in [1.82, 2.24) is 10.4 Å². The molecule has 1 N–H and O–H groups in total. The molecule has 0 heterocycles. The van der Waals surface area contributed by atoms with Gasteiger partial charge in [0.2, 0.25) is 0 Å². The lowest BCUT2D eigenvalue weighted by Gasteiger charge is -2.24. The summed E-state index contributed by atoms with van der Waals surface area (Å²) < 4.78 is 48.4. The number of hydroxylamine groups is 2. The normalized spacial score (nSPS) is 13.1. The van der Waals surface area contributed by atoms with Crippen molar-refractivity contribution in [3.63, 3.8) is 0 Å². The fourth-order valence-electron chi connectivity index (χ4n) is 2.06. The van der Waals surface area contributed by atoms with Crippen molar-refractivity contribution in [2.75, 3.05) is 14.2 Å². The van der Waals surface area contributed by atoms with Gasteiger partial charge in [-0.2, -0.15) is 8.78 Å². The Morgan fingerprint density at radius 3 is 2.31 bits per heavy atom. The SMILES string of the molecule is CON(C)C(=O)C(F)(F)c1cccc([C@@H](C)OC(=O)NC(C)(C)C)c1F. The highest BCUT2D eigenvalue weighted by Gasteiger charge is 2.46. The largest absolute Gasteiger partial charge is 0.442 e. The second-order valence-corrected chi connectivity index (χ2v) is 6.69. The van der Waals surface area contributed by atoms with Crippen molar-refractivity contribution in [3.8, 4) is 0 Å². The first-order valence-corrected chi connectivity index (χ1v) is 7.79. The van der Waals surface area contributed by atoms with Gasteiger partial charge in [0, 0.05) is 18.2 Å². The maximum Gasteiger partial charge on any atom is 0.408 e. The van der Waals surface area contributed by atoms with Gasteiger partial charge in [-0.15, -0.1) is 0 Å². The van der Waals surface area contributed by atoms with Gasteiger partial charge in [0.15, 0.2) is 0 Å². The predicted octanol–water partition coefficient (Wildman–Crippen LogP) is 3.52. The van der Waals surface area contributed by atoms with Gasteiger partial charge >= 0.3 is 17.9 Å². The highest BCUT2D eigenvalue weighted by molar-refractivity contribution is 5.84. The number of halogens is 3. The average Bonchev–Trinajstić information content (AvgIpc) is 2.51. The summed E-state index contributed by atoms with van der Waals surface area (Å²) in [5, 5.41) is 2.82. The molecule has 0 saturated heterocycles. The summed E-state index contributed by atoms with van der Waals surface area (Å²) in [5.74, 6) is -7.21. The Labute approximate surface area is 150 Å². The van der Waals surface area contributed by atoms with E-state index in [9.17, 15) is 22.8 Å². The predicted molar refractivity (Wildman–Crippen MR) is 87.9 cm³/mol. The Balaban J connectivity index is 3.13.